The highest BCUT2D eigenvalue weighted by atomic mass is 16.5. The molecule has 0 aliphatic carbocycles. The number of piperidine rings is 1. The average molecular weight is 305 g/mol. The van der Waals surface area contributed by atoms with E-state index >= 15 is 0 Å². The molecule has 1 amide bonds. The van der Waals surface area contributed by atoms with E-state index < -0.39 is 0 Å². The van der Waals surface area contributed by atoms with E-state index in [2.05, 4.69) is 16.9 Å². The number of hydrogen-bond donors (Lipinski definition) is 0. The van der Waals surface area contributed by atoms with E-state index in [4.69, 9.17) is 4.74 Å². The molecule has 0 bridgehead atoms. The second-order valence-corrected chi connectivity index (χ2v) is 5.96. The van der Waals surface area contributed by atoms with Crippen LogP contribution in [0.1, 0.15) is 43.0 Å². The maximum absolute atomic E-state index is 12.4. The molecule has 0 N–H and O–H groups in total. The quantitative estimate of drug-likeness (QED) is 0.810. The molecule has 5 heteroatoms. The van der Waals surface area contributed by atoms with Gasteiger partial charge >= 0.3 is 0 Å². The number of nitrogens with zero attached hydrogens (tertiary/aromatic N) is 3. The van der Waals surface area contributed by atoms with Crippen LogP contribution in [0.15, 0.2) is 18.3 Å². The van der Waals surface area contributed by atoms with Gasteiger partial charge in [-0.05, 0) is 45.8 Å². The molecule has 2 heterocycles. The van der Waals surface area contributed by atoms with Gasteiger partial charge in [0.25, 0.3) is 5.91 Å². The van der Waals surface area contributed by atoms with Gasteiger partial charge in [-0.3, -0.25) is 4.79 Å². The fourth-order valence-corrected chi connectivity index (χ4v) is 2.91. The minimum absolute atomic E-state index is 0.0222. The molecule has 0 radical (unpaired) electrons. The zero-order chi connectivity index (χ0) is 15.9. The Bertz CT molecular complexity index is 475. The summed E-state index contributed by atoms with van der Waals surface area (Å²) in [5, 5.41) is 0. The maximum atomic E-state index is 12.4. The van der Waals surface area contributed by atoms with Gasteiger partial charge in [0, 0.05) is 31.9 Å². The molecular formula is C17H27N3O2. The highest BCUT2D eigenvalue weighted by molar-refractivity contribution is 5.93. The number of hydrogen-bond acceptors (Lipinski definition) is 4. The molecule has 122 valence electrons. The minimum Gasteiger partial charge on any atom is -0.478 e. The molecule has 0 aromatic carbocycles. The van der Waals surface area contributed by atoms with Crippen LogP contribution < -0.4 is 4.74 Å². The van der Waals surface area contributed by atoms with E-state index in [9.17, 15) is 4.79 Å². The fourth-order valence-electron chi connectivity index (χ4n) is 2.91. The number of ether oxygens (including phenoxy) is 1. The smallest absolute Gasteiger partial charge is 0.255 e. The summed E-state index contributed by atoms with van der Waals surface area (Å²) in [6, 6.07) is 4.13. The Morgan fingerprint density at radius 1 is 1.45 bits per heavy atom. The van der Waals surface area contributed by atoms with Gasteiger partial charge in [0.15, 0.2) is 0 Å². The number of carbonyl (C=O) groups excluding carboxylic acids is 1. The van der Waals surface area contributed by atoms with Gasteiger partial charge in [-0.2, -0.15) is 0 Å². The summed E-state index contributed by atoms with van der Waals surface area (Å²) in [6.07, 6.45) is 6.46. The van der Waals surface area contributed by atoms with Crippen molar-refractivity contribution in [2.45, 2.75) is 38.6 Å². The third-order valence-electron chi connectivity index (χ3n) is 4.34. The lowest BCUT2D eigenvalue weighted by Gasteiger charge is -2.33. The minimum atomic E-state index is 0.0222. The predicted octanol–water partition coefficient (Wildman–Crippen LogP) is 2.43. The number of aromatic nitrogens is 1. The summed E-state index contributed by atoms with van der Waals surface area (Å²) >= 11 is 0. The highest BCUT2D eigenvalue weighted by Gasteiger charge is 2.20. The zero-order valence-corrected chi connectivity index (χ0v) is 13.9. The van der Waals surface area contributed by atoms with E-state index in [-0.39, 0.29) is 5.91 Å². The summed E-state index contributed by atoms with van der Waals surface area (Å²) in [6.45, 7) is 4.44. The van der Waals surface area contributed by atoms with Crippen molar-refractivity contribution in [3.63, 3.8) is 0 Å². The number of rotatable bonds is 6. The van der Waals surface area contributed by atoms with Gasteiger partial charge < -0.3 is 14.5 Å². The number of likely N-dealkylation sites (tertiary alicyclic amines) is 1. The van der Waals surface area contributed by atoms with Crippen LogP contribution >= 0.6 is 0 Å². The van der Waals surface area contributed by atoms with Gasteiger partial charge in [-0.1, -0.05) is 6.42 Å². The van der Waals surface area contributed by atoms with Gasteiger partial charge in [0.2, 0.25) is 5.88 Å². The molecule has 0 saturated carbocycles. The third kappa shape index (κ3) is 4.44. The Hall–Kier alpha value is -1.62. The van der Waals surface area contributed by atoms with Crippen LogP contribution in [0.3, 0.4) is 0 Å². The molecule has 1 aliphatic rings. The van der Waals surface area contributed by atoms with E-state index in [1.54, 1.807) is 23.2 Å². The SMILES string of the molecule is CCOc1ccc(C(=O)N(C)CC[C@H]2CCCCN2C)cn1. The highest BCUT2D eigenvalue weighted by Crippen LogP contribution is 2.18. The lowest BCUT2D eigenvalue weighted by Crippen LogP contribution is -2.39. The molecule has 22 heavy (non-hydrogen) atoms. The first kappa shape index (κ1) is 16.7. The number of carbonyl (C=O) groups is 1. The van der Waals surface area contributed by atoms with Crippen molar-refractivity contribution in [1.29, 1.82) is 0 Å². The molecule has 1 fully saturated rings. The lowest BCUT2D eigenvalue weighted by atomic mass is 10.00. The third-order valence-corrected chi connectivity index (χ3v) is 4.34. The molecule has 1 aromatic rings. The Morgan fingerprint density at radius 2 is 2.27 bits per heavy atom. The molecule has 1 atom stereocenters. The number of pyridine rings is 1. The van der Waals surface area contributed by atoms with Crippen molar-refractivity contribution < 1.29 is 9.53 Å². The van der Waals surface area contributed by atoms with Gasteiger partial charge in [-0.15, -0.1) is 0 Å². The molecule has 0 unspecified atom stereocenters. The number of amides is 1. The van der Waals surface area contributed by atoms with Crippen LogP contribution in [-0.4, -0.2) is 60.5 Å². The van der Waals surface area contributed by atoms with Crippen molar-refractivity contribution in [2.75, 3.05) is 33.8 Å². The molecule has 1 aromatic heterocycles. The lowest BCUT2D eigenvalue weighted by molar-refractivity contribution is 0.0770. The first-order valence-electron chi connectivity index (χ1n) is 8.16. The molecule has 1 saturated heterocycles. The first-order valence-corrected chi connectivity index (χ1v) is 8.16. The zero-order valence-electron chi connectivity index (χ0n) is 13.9. The average Bonchev–Trinajstić information content (AvgIpc) is 2.54. The largest absolute Gasteiger partial charge is 0.478 e. The van der Waals surface area contributed by atoms with Crippen LogP contribution in [0.25, 0.3) is 0 Å². The fraction of sp³-hybridized carbons (Fsp3) is 0.647. The van der Waals surface area contributed by atoms with Crippen LogP contribution in [0.2, 0.25) is 0 Å². The maximum Gasteiger partial charge on any atom is 0.255 e. The second-order valence-electron chi connectivity index (χ2n) is 5.96. The Kier molecular flexibility index (Phi) is 6.19. The van der Waals surface area contributed by atoms with Crippen molar-refractivity contribution in [3.05, 3.63) is 23.9 Å². The summed E-state index contributed by atoms with van der Waals surface area (Å²) < 4.78 is 5.30. The van der Waals surface area contributed by atoms with Crippen LogP contribution in [0.5, 0.6) is 5.88 Å². The topological polar surface area (TPSA) is 45.7 Å². The van der Waals surface area contributed by atoms with E-state index in [1.165, 1.54) is 25.8 Å². The van der Waals surface area contributed by atoms with Crippen molar-refractivity contribution in [2.24, 2.45) is 0 Å². The Morgan fingerprint density at radius 3 is 2.91 bits per heavy atom. The molecule has 0 spiro atoms. The van der Waals surface area contributed by atoms with Crippen LogP contribution in [-0.2, 0) is 0 Å². The summed E-state index contributed by atoms with van der Waals surface area (Å²) in [7, 11) is 4.05. The van der Waals surface area contributed by atoms with Gasteiger partial charge in [0.05, 0.1) is 12.2 Å². The molecule has 1 aliphatic heterocycles. The Labute approximate surface area is 133 Å². The van der Waals surface area contributed by atoms with Crippen LogP contribution in [0.4, 0.5) is 0 Å². The predicted molar refractivity (Wildman–Crippen MR) is 87.3 cm³/mol. The monoisotopic (exact) mass is 305 g/mol. The normalized spacial score (nSPS) is 19.0. The molecule has 2 rings (SSSR count). The first-order chi connectivity index (χ1) is 10.6. The molecular weight excluding hydrogens is 278 g/mol. The van der Waals surface area contributed by atoms with Crippen LogP contribution in [0, 0.1) is 0 Å². The Balaban J connectivity index is 1.85. The van der Waals surface area contributed by atoms with E-state index in [1.807, 2.05) is 14.0 Å². The van der Waals surface area contributed by atoms with Gasteiger partial charge in [0.1, 0.15) is 0 Å². The van der Waals surface area contributed by atoms with E-state index in [0.717, 1.165) is 13.0 Å². The van der Waals surface area contributed by atoms with E-state index in [0.29, 0.717) is 24.1 Å². The summed E-state index contributed by atoms with van der Waals surface area (Å²) in [5.41, 5.74) is 0.614. The van der Waals surface area contributed by atoms with Crippen molar-refractivity contribution in [3.8, 4) is 5.88 Å². The second kappa shape index (κ2) is 8.13. The van der Waals surface area contributed by atoms with Gasteiger partial charge in [-0.25, -0.2) is 4.98 Å². The summed E-state index contributed by atoms with van der Waals surface area (Å²) in [5.74, 6) is 0.583. The summed E-state index contributed by atoms with van der Waals surface area (Å²) in [4.78, 5) is 20.8. The van der Waals surface area contributed by atoms with Crippen molar-refractivity contribution in [1.82, 2.24) is 14.8 Å². The van der Waals surface area contributed by atoms with Crippen molar-refractivity contribution >= 4 is 5.91 Å². The molecule has 5 nitrogen and oxygen atoms in total. The standard InChI is InChI=1S/C17H27N3O2/c1-4-22-16-9-8-14(13-18-16)17(21)20(3)12-10-15-7-5-6-11-19(15)2/h8-9,13,15H,4-7,10-12H2,1-3H3/t15-/m1/s1.